The van der Waals surface area contributed by atoms with E-state index in [1.807, 2.05) is 32.9 Å². The summed E-state index contributed by atoms with van der Waals surface area (Å²) in [5, 5.41) is 2.87. The normalized spacial score (nSPS) is 23.2. The predicted octanol–water partition coefficient (Wildman–Crippen LogP) is 1.71. The molecule has 0 aromatic heterocycles. The zero-order chi connectivity index (χ0) is 18.8. The molecule has 0 unspecified atom stereocenters. The Labute approximate surface area is 153 Å². The van der Waals surface area contributed by atoms with Crippen LogP contribution in [-0.4, -0.2) is 53.8 Å². The highest BCUT2D eigenvalue weighted by Gasteiger charge is 2.48. The number of amides is 2. The molecule has 2 aliphatic rings. The monoisotopic (exact) mass is 358 g/mol. The largest absolute Gasteiger partial charge is 0.368 e. The molecule has 2 heterocycles. The molecule has 26 heavy (non-hydrogen) atoms. The fraction of sp³-hybridized carbons (Fsp3) is 0.550. The van der Waals surface area contributed by atoms with E-state index in [0.29, 0.717) is 24.9 Å². The van der Waals surface area contributed by atoms with E-state index in [-0.39, 0.29) is 36.2 Å². The minimum absolute atomic E-state index is 0.0472. The first-order valence-electron chi connectivity index (χ1n) is 9.19. The number of fused-ring (bicyclic) bond motifs is 1. The van der Waals surface area contributed by atoms with Gasteiger partial charge in [-0.3, -0.25) is 14.4 Å². The number of carbonyl (C=O) groups excluding carboxylic acids is 3. The van der Waals surface area contributed by atoms with E-state index in [0.717, 1.165) is 5.56 Å². The molecule has 6 heteroatoms. The Bertz CT molecular complexity index is 698. The third-order valence-corrected chi connectivity index (χ3v) is 5.02. The molecule has 1 N–H and O–H groups in total. The second-order valence-electron chi connectivity index (χ2n) is 7.60. The van der Waals surface area contributed by atoms with Crippen LogP contribution in [0.15, 0.2) is 24.3 Å². The molecule has 2 saturated heterocycles. The molecule has 3 atom stereocenters. The average molecular weight is 358 g/mol. The summed E-state index contributed by atoms with van der Waals surface area (Å²) < 4.78 is 5.46. The van der Waals surface area contributed by atoms with E-state index in [9.17, 15) is 14.4 Å². The Morgan fingerprint density at radius 2 is 1.96 bits per heavy atom. The molecule has 0 radical (unpaired) electrons. The van der Waals surface area contributed by atoms with Gasteiger partial charge in [-0.2, -0.15) is 0 Å². The minimum atomic E-state index is -0.643. The number of benzene rings is 1. The van der Waals surface area contributed by atoms with E-state index in [1.165, 1.54) is 0 Å². The summed E-state index contributed by atoms with van der Waals surface area (Å²) in [6.45, 7) is 6.54. The maximum absolute atomic E-state index is 13.1. The average Bonchev–Trinajstić information content (AvgIpc) is 3.17. The minimum Gasteiger partial charge on any atom is -0.368 e. The van der Waals surface area contributed by atoms with Crippen molar-refractivity contribution < 1.29 is 19.1 Å². The maximum atomic E-state index is 13.1. The number of ketones is 1. The molecule has 2 fully saturated rings. The van der Waals surface area contributed by atoms with Gasteiger partial charge in [-0.1, -0.05) is 31.5 Å². The molecule has 2 aliphatic heterocycles. The van der Waals surface area contributed by atoms with E-state index >= 15 is 0 Å². The van der Waals surface area contributed by atoms with Gasteiger partial charge in [0.25, 0.3) is 5.91 Å². The summed E-state index contributed by atoms with van der Waals surface area (Å²) >= 11 is 0. The Hall–Kier alpha value is -2.21. The number of aryl methyl sites for hydroxylation is 1. The Kier molecular flexibility index (Phi) is 5.41. The number of Topliss-reactive ketones (excluding diaryl/α,β-unsaturated/α-hetero) is 1. The van der Waals surface area contributed by atoms with Crippen LogP contribution in [0.25, 0.3) is 0 Å². The summed E-state index contributed by atoms with van der Waals surface area (Å²) in [7, 11) is 0. The SMILES string of the molecule is Cc1ccc(C(=O)N[C@@H](CC(C)C)C(=O)N2CC[C@H]3OCC(=O)[C@H]32)cc1. The molecule has 0 spiro atoms. The number of nitrogens with zero attached hydrogens (tertiary/aromatic N) is 1. The number of rotatable bonds is 5. The number of hydrogen-bond acceptors (Lipinski definition) is 4. The molecule has 6 nitrogen and oxygen atoms in total. The Morgan fingerprint density at radius 3 is 2.62 bits per heavy atom. The van der Waals surface area contributed by atoms with Crippen molar-refractivity contribution in [2.24, 2.45) is 5.92 Å². The van der Waals surface area contributed by atoms with E-state index in [1.54, 1.807) is 17.0 Å². The number of nitrogens with one attached hydrogen (secondary N) is 1. The van der Waals surface area contributed by atoms with Gasteiger partial charge in [-0.05, 0) is 37.8 Å². The third-order valence-electron chi connectivity index (χ3n) is 5.02. The highest BCUT2D eigenvalue weighted by molar-refractivity contribution is 5.99. The summed E-state index contributed by atoms with van der Waals surface area (Å²) in [5.74, 6) is -0.274. The quantitative estimate of drug-likeness (QED) is 0.869. The zero-order valence-corrected chi connectivity index (χ0v) is 15.5. The molecule has 2 amide bonds. The molecule has 140 valence electrons. The van der Waals surface area contributed by atoms with Gasteiger partial charge in [0.05, 0.1) is 6.10 Å². The smallest absolute Gasteiger partial charge is 0.251 e. The molecule has 0 saturated carbocycles. The van der Waals surface area contributed by atoms with Crippen LogP contribution in [0.5, 0.6) is 0 Å². The lowest BCUT2D eigenvalue weighted by Gasteiger charge is -2.28. The van der Waals surface area contributed by atoms with Gasteiger partial charge in [-0.15, -0.1) is 0 Å². The van der Waals surface area contributed by atoms with E-state index < -0.39 is 12.1 Å². The van der Waals surface area contributed by atoms with Gasteiger partial charge in [0.2, 0.25) is 5.91 Å². The molecule has 3 rings (SSSR count). The summed E-state index contributed by atoms with van der Waals surface area (Å²) in [6, 6.07) is 6.11. The van der Waals surface area contributed by atoms with Gasteiger partial charge in [0.15, 0.2) is 5.78 Å². The fourth-order valence-electron chi connectivity index (χ4n) is 3.68. The number of likely N-dealkylation sites (tertiary alicyclic amines) is 1. The van der Waals surface area contributed by atoms with Crippen LogP contribution in [-0.2, 0) is 14.3 Å². The van der Waals surface area contributed by atoms with Crippen molar-refractivity contribution in [1.82, 2.24) is 10.2 Å². The van der Waals surface area contributed by atoms with Crippen LogP contribution < -0.4 is 5.32 Å². The van der Waals surface area contributed by atoms with Crippen molar-refractivity contribution in [1.29, 1.82) is 0 Å². The van der Waals surface area contributed by atoms with Crippen molar-refractivity contribution in [3.8, 4) is 0 Å². The molecule has 1 aromatic carbocycles. The summed E-state index contributed by atoms with van der Waals surface area (Å²) in [5.41, 5.74) is 1.59. The summed E-state index contributed by atoms with van der Waals surface area (Å²) in [4.78, 5) is 39.4. The lowest BCUT2D eigenvalue weighted by Crippen LogP contribution is -2.52. The second-order valence-corrected chi connectivity index (χ2v) is 7.60. The third kappa shape index (κ3) is 3.80. The first-order valence-corrected chi connectivity index (χ1v) is 9.19. The Balaban J connectivity index is 1.75. The van der Waals surface area contributed by atoms with Crippen LogP contribution >= 0.6 is 0 Å². The van der Waals surface area contributed by atoms with Gasteiger partial charge in [0.1, 0.15) is 18.7 Å². The van der Waals surface area contributed by atoms with Gasteiger partial charge >= 0.3 is 0 Å². The molecule has 0 bridgehead atoms. The molecule has 1 aromatic rings. The van der Waals surface area contributed by atoms with Crippen LogP contribution in [0.2, 0.25) is 0 Å². The molecular weight excluding hydrogens is 332 g/mol. The van der Waals surface area contributed by atoms with Crippen molar-refractivity contribution in [3.63, 3.8) is 0 Å². The fourth-order valence-corrected chi connectivity index (χ4v) is 3.68. The number of hydrogen-bond donors (Lipinski definition) is 1. The predicted molar refractivity (Wildman–Crippen MR) is 96.8 cm³/mol. The van der Waals surface area contributed by atoms with E-state index in [4.69, 9.17) is 4.74 Å². The first kappa shape index (κ1) is 18.6. The lowest BCUT2D eigenvalue weighted by atomic mass is 10.0. The van der Waals surface area contributed by atoms with Crippen molar-refractivity contribution in [2.45, 2.75) is 51.8 Å². The van der Waals surface area contributed by atoms with Crippen molar-refractivity contribution in [2.75, 3.05) is 13.2 Å². The summed E-state index contributed by atoms with van der Waals surface area (Å²) in [6.07, 6.45) is 1.00. The zero-order valence-electron chi connectivity index (χ0n) is 15.5. The Morgan fingerprint density at radius 1 is 1.27 bits per heavy atom. The standard InChI is InChI=1S/C20H26N2O4/c1-12(2)10-15(21-19(24)14-6-4-13(3)5-7-14)20(25)22-9-8-17-18(22)16(23)11-26-17/h4-7,12,15,17-18H,8-11H2,1-3H3,(H,21,24)/t15-,17+,18+/m0/s1. The van der Waals surface area contributed by atoms with Crippen LogP contribution in [0.1, 0.15) is 42.6 Å². The highest BCUT2D eigenvalue weighted by atomic mass is 16.5. The topological polar surface area (TPSA) is 75.7 Å². The molecular formula is C20H26N2O4. The van der Waals surface area contributed by atoms with Crippen LogP contribution in [0.4, 0.5) is 0 Å². The van der Waals surface area contributed by atoms with Gasteiger partial charge in [0, 0.05) is 12.1 Å². The van der Waals surface area contributed by atoms with E-state index in [2.05, 4.69) is 5.32 Å². The van der Waals surface area contributed by atoms with Gasteiger partial charge < -0.3 is 15.0 Å². The first-order chi connectivity index (χ1) is 12.4. The van der Waals surface area contributed by atoms with Crippen LogP contribution in [0.3, 0.4) is 0 Å². The second kappa shape index (κ2) is 7.58. The van der Waals surface area contributed by atoms with Crippen LogP contribution in [0, 0.1) is 12.8 Å². The van der Waals surface area contributed by atoms with Crippen molar-refractivity contribution in [3.05, 3.63) is 35.4 Å². The van der Waals surface area contributed by atoms with Gasteiger partial charge in [-0.25, -0.2) is 0 Å². The maximum Gasteiger partial charge on any atom is 0.251 e. The highest BCUT2D eigenvalue weighted by Crippen LogP contribution is 2.28. The number of carbonyl (C=O) groups is 3. The number of ether oxygens (including phenoxy) is 1. The lowest BCUT2D eigenvalue weighted by molar-refractivity contribution is -0.138. The van der Waals surface area contributed by atoms with Crippen molar-refractivity contribution >= 4 is 17.6 Å². The molecule has 0 aliphatic carbocycles.